The average molecular weight is 305 g/mol. The van der Waals surface area contributed by atoms with Gasteiger partial charge in [-0.2, -0.15) is 5.10 Å². The standard InChI is InChI=1S/C14H19N5OS/c1-4-10-11(5-2)17-18-14(12(10)13(15)21)16-7-9-6-8(3)19-20-9/h6H,4-5,7H2,1-3H3,(H2,15,21)(H,16,18). The smallest absolute Gasteiger partial charge is 0.159 e. The van der Waals surface area contributed by atoms with Crippen LogP contribution in [0.2, 0.25) is 0 Å². The lowest BCUT2D eigenvalue weighted by atomic mass is 10.0. The zero-order valence-corrected chi connectivity index (χ0v) is 13.3. The molecular weight excluding hydrogens is 286 g/mol. The first-order chi connectivity index (χ1) is 10.1. The van der Waals surface area contributed by atoms with Crippen molar-refractivity contribution in [1.82, 2.24) is 15.4 Å². The van der Waals surface area contributed by atoms with Crippen LogP contribution in [-0.4, -0.2) is 20.3 Å². The van der Waals surface area contributed by atoms with Gasteiger partial charge in [0.2, 0.25) is 0 Å². The molecule has 0 saturated carbocycles. The lowest BCUT2D eigenvalue weighted by Crippen LogP contribution is -2.19. The molecule has 112 valence electrons. The lowest BCUT2D eigenvalue weighted by molar-refractivity contribution is 0.384. The Balaban J connectivity index is 2.32. The van der Waals surface area contributed by atoms with E-state index in [4.69, 9.17) is 22.5 Å². The van der Waals surface area contributed by atoms with Crippen molar-refractivity contribution in [2.45, 2.75) is 40.2 Å². The highest BCUT2D eigenvalue weighted by Crippen LogP contribution is 2.21. The molecule has 0 atom stereocenters. The quantitative estimate of drug-likeness (QED) is 0.790. The summed E-state index contributed by atoms with van der Waals surface area (Å²) in [7, 11) is 0. The molecule has 0 unspecified atom stereocenters. The number of thiocarbonyl (C=S) groups is 1. The zero-order chi connectivity index (χ0) is 15.4. The summed E-state index contributed by atoms with van der Waals surface area (Å²) < 4.78 is 5.16. The van der Waals surface area contributed by atoms with Crippen molar-refractivity contribution in [1.29, 1.82) is 0 Å². The number of nitrogens with two attached hydrogens (primary N) is 1. The van der Waals surface area contributed by atoms with Crippen molar-refractivity contribution in [3.05, 3.63) is 34.3 Å². The first-order valence-corrected chi connectivity index (χ1v) is 7.31. The van der Waals surface area contributed by atoms with E-state index in [1.165, 1.54) is 0 Å². The maximum Gasteiger partial charge on any atom is 0.159 e. The van der Waals surface area contributed by atoms with E-state index in [2.05, 4.69) is 27.6 Å². The summed E-state index contributed by atoms with van der Waals surface area (Å²) in [5, 5.41) is 15.5. The Morgan fingerprint density at radius 2 is 2.10 bits per heavy atom. The molecule has 6 nitrogen and oxygen atoms in total. The normalized spacial score (nSPS) is 10.6. The third-order valence-electron chi connectivity index (χ3n) is 3.20. The van der Waals surface area contributed by atoms with E-state index in [-0.39, 0.29) is 0 Å². The van der Waals surface area contributed by atoms with Crippen LogP contribution in [0, 0.1) is 6.92 Å². The third kappa shape index (κ3) is 3.36. The predicted molar refractivity (Wildman–Crippen MR) is 85.2 cm³/mol. The zero-order valence-electron chi connectivity index (χ0n) is 12.4. The fourth-order valence-corrected chi connectivity index (χ4v) is 2.45. The maximum absolute atomic E-state index is 5.88. The monoisotopic (exact) mass is 305 g/mol. The first-order valence-electron chi connectivity index (χ1n) is 6.91. The second kappa shape index (κ2) is 6.62. The van der Waals surface area contributed by atoms with Crippen LogP contribution in [0.25, 0.3) is 0 Å². The van der Waals surface area contributed by atoms with Crippen LogP contribution in [0.1, 0.15) is 42.1 Å². The molecule has 0 fully saturated rings. The molecule has 7 heteroatoms. The predicted octanol–water partition coefficient (Wildman–Crippen LogP) is 2.14. The number of hydrogen-bond acceptors (Lipinski definition) is 6. The van der Waals surface area contributed by atoms with Gasteiger partial charge in [0.05, 0.1) is 23.5 Å². The summed E-state index contributed by atoms with van der Waals surface area (Å²) in [5.74, 6) is 1.31. The fraction of sp³-hybridized carbons (Fsp3) is 0.429. The highest BCUT2D eigenvalue weighted by atomic mass is 32.1. The van der Waals surface area contributed by atoms with E-state index < -0.39 is 0 Å². The van der Waals surface area contributed by atoms with Crippen molar-refractivity contribution < 1.29 is 4.52 Å². The highest BCUT2D eigenvalue weighted by molar-refractivity contribution is 7.80. The van der Waals surface area contributed by atoms with E-state index in [1.54, 1.807) is 0 Å². The maximum atomic E-state index is 5.88. The average Bonchev–Trinajstić information content (AvgIpc) is 2.89. The van der Waals surface area contributed by atoms with Gasteiger partial charge >= 0.3 is 0 Å². The second-order valence-corrected chi connectivity index (χ2v) is 5.15. The van der Waals surface area contributed by atoms with Gasteiger partial charge < -0.3 is 15.6 Å². The lowest BCUT2D eigenvalue weighted by Gasteiger charge is -2.14. The van der Waals surface area contributed by atoms with Gasteiger partial charge in [-0.05, 0) is 25.3 Å². The number of hydrogen-bond donors (Lipinski definition) is 2. The van der Waals surface area contributed by atoms with E-state index in [0.29, 0.717) is 17.4 Å². The van der Waals surface area contributed by atoms with Crippen molar-refractivity contribution >= 4 is 23.0 Å². The Bertz CT molecular complexity index is 653. The Kier molecular flexibility index (Phi) is 4.85. The molecule has 0 aliphatic carbocycles. The van der Waals surface area contributed by atoms with Gasteiger partial charge in [-0.15, -0.1) is 5.10 Å². The van der Waals surface area contributed by atoms with Crippen LogP contribution in [0.15, 0.2) is 10.6 Å². The van der Waals surface area contributed by atoms with E-state index in [0.717, 1.165) is 41.1 Å². The number of rotatable bonds is 6. The van der Waals surface area contributed by atoms with Gasteiger partial charge in [0.1, 0.15) is 4.99 Å². The third-order valence-corrected chi connectivity index (χ3v) is 3.40. The van der Waals surface area contributed by atoms with Crippen molar-refractivity contribution in [2.24, 2.45) is 5.73 Å². The van der Waals surface area contributed by atoms with Crippen LogP contribution in [0.4, 0.5) is 5.82 Å². The Labute approximate surface area is 129 Å². The van der Waals surface area contributed by atoms with Gasteiger partial charge in [0.15, 0.2) is 11.6 Å². The molecule has 2 aromatic rings. The van der Waals surface area contributed by atoms with Crippen LogP contribution < -0.4 is 11.1 Å². The minimum Gasteiger partial charge on any atom is -0.389 e. The minimum atomic E-state index is 0.327. The number of nitrogens with zero attached hydrogens (tertiary/aromatic N) is 3. The molecule has 3 N–H and O–H groups in total. The van der Waals surface area contributed by atoms with Crippen molar-refractivity contribution in [2.75, 3.05) is 5.32 Å². The molecular formula is C14H19N5OS. The molecule has 0 radical (unpaired) electrons. The summed E-state index contributed by atoms with van der Waals surface area (Å²) in [4.78, 5) is 0.327. The number of aromatic nitrogens is 3. The first kappa shape index (κ1) is 15.4. The Morgan fingerprint density at radius 1 is 1.33 bits per heavy atom. The molecule has 2 aromatic heterocycles. The molecule has 0 aliphatic heterocycles. The topological polar surface area (TPSA) is 89.9 Å². The van der Waals surface area contributed by atoms with Crippen LogP contribution in [0.5, 0.6) is 0 Å². The van der Waals surface area contributed by atoms with E-state index >= 15 is 0 Å². The molecule has 2 rings (SSSR count). The van der Waals surface area contributed by atoms with E-state index in [1.807, 2.05) is 19.9 Å². The van der Waals surface area contributed by atoms with Gasteiger partial charge in [0, 0.05) is 6.07 Å². The molecule has 2 heterocycles. The van der Waals surface area contributed by atoms with Crippen LogP contribution >= 0.6 is 12.2 Å². The van der Waals surface area contributed by atoms with Crippen molar-refractivity contribution in [3.8, 4) is 0 Å². The molecule has 0 aromatic carbocycles. The molecule has 0 spiro atoms. The molecule has 0 aliphatic rings. The molecule has 0 amide bonds. The second-order valence-electron chi connectivity index (χ2n) is 4.71. The molecule has 21 heavy (non-hydrogen) atoms. The fourth-order valence-electron chi connectivity index (χ4n) is 2.23. The Hall–Kier alpha value is -2.02. The van der Waals surface area contributed by atoms with E-state index in [9.17, 15) is 0 Å². The van der Waals surface area contributed by atoms with Gasteiger partial charge in [-0.3, -0.25) is 0 Å². The van der Waals surface area contributed by atoms with Crippen LogP contribution in [-0.2, 0) is 19.4 Å². The summed E-state index contributed by atoms with van der Waals surface area (Å²) in [5.41, 5.74) is 9.47. The highest BCUT2D eigenvalue weighted by Gasteiger charge is 2.16. The van der Waals surface area contributed by atoms with Gasteiger partial charge in [0.25, 0.3) is 0 Å². The SMILES string of the molecule is CCc1nnc(NCc2cc(C)no2)c(C(N)=S)c1CC. The van der Waals surface area contributed by atoms with Gasteiger partial charge in [-0.25, -0.2) is 0 Å². The summed E-state index contributed by atoms with van der Waals surface area (Å²) in [6.45, 7) is 6.43. The van der Waals surface area contributed by atoms with Crippen LogP contribution in [0.3, 0.4) is 0 Å². The Morgan fingerprint density at radius 3 is 2.62 bits per heavy atom. The number of nitrogens with one attached hydrogen (secondary N) is 1. The largest absolute Gasteiger partial charge is 0.389 e. The summed E-state index contributed by atoms with van der Waals surface area (Å²) in [6.07, 6.45) is 1.61. The van der Waals surface area contributed by atoms with Crippen molar-refractivity contribution in [3.63, 3.8) is 0 Å². The number of aryl methyl sites for hydroxylation is 2. The summed E-state index contributed by atoms with van der Waals surface area (Å²) in [6, 6.07) is 1.86. The molecule has 0 bridgehead atoms. The summed E-state index contributed by atoms with van der Waals surface area (Å²) >= 11 is 5.18. The number of anilines is 1. The minimum absolute atomic E-state index is 0.327. The van der Waals surface area contributed by atoms with Gasteiger partial charge in [-0.1, -0.05) is 31.2 Å². The molecule has 0 saturated heterocycles.